The maximum absolute atomic E-state index is 13.1. The van der Waals surface area contributed by atoms with Gasteiger partial charge >= 0.3 is 5.97 Å². The molecule has 0 radical (unpaired) electrons. The number of carbonyl (C=O) groups excluding carboxylic acids is 1. The lowest BCUT2D eigenvalue weighted by Crippen LogP contribution is -2.36. The molecule has 6 heteroatoms. The third kappa shape index (κ3) is 4.90. The Balaban J connectivity index is 2.39. The van der Waals surface area contributed by atoms with Crippen LogP contribution in [-0.2, 0) is 26.1 Å². The zero-order valence-electron chi connectivity index (χ0n) is 14.7. The number of aryl methyl sites for hydroxylation is 2. The SMILES string of the molecule is CCOC(=O)CN(Cc1ccccc1)S(=O)(=O)c1ccc(C)cc1C. The summed E-state index contributed by atoms with van der Waals surface area (Å²) in [4.78, 5) is 12.1. The minimum atomic E-state index is -3.83. The van der Waals surface area contributed by atoms with Crippen LogP contribution in [0.15, 0.2) is 53.4 Å². The predicted molar refractivity (Wildman–Crippen MR) is 96.6 cm³/mol. The number of esters is 1. The van der Waals surface area contributed by atoms with Gasteiger partial charge in [-0.25, -0.2) is 8.42 Å². The van der Waals surface area contributed by atoms with Crippen molar-refractivity contribution in [3.05, 3.63) is 65.2 Å². The summed E-state index contributed by atoms with van der Waals surface area (Å²) in [5.41, 5.74) is 2.44. The number of hydrogen-bond donors (Lipinski definition) is 0. The zero-order chi connectivity index (χ0) is 18.4. The van der Waals surface area contributed by atoms with Gasteiger partial charge in [-0.15, -0.1) is 0 Å². The Labute approximate surface area is 149 Å². The minimum Gasteiger partial charge on any atom is -0.465 e. The van der Waals surface area contributed by atoms with Crippen LogP contribution in [0.2, 0.25) is 0 Å². The van der Waals surface area contributed by atoms with Crippen LogP contribution in [0.3, 0.4) is 0 Å². The van der Waals surface area contributed by atoms with E-state index in [2.05, 4.69) is 0 Å². The van der Waals surface area contributed by atoms with Crippen molar-refractivity contribution >= 4 is 16.0 Å². The molecule has 0 heterocycles. The second-order valence-electron chi connectivity index (χ2n) is 5.83. The van der Waals surface area contributed by atoms with Crippen LogP contribution in [0.5, 0.6) is 0 Å². The molecule has 5 nitrogen and oxygen atoms in total. The summed E-state index contributed by atoms with van der Waals surface area (Å²) in [6, 6.07) is 14.3. The van der Waals surface area contributed by atoms with Gasteiger partial charge in [0.2, 0.25) is 10.0 Å². The molecule has 2 rings (SSSR count). The topological polar surface area (TPSA) is 63.7 Å². The van der Waals surface area contributed by atoms with Crippen LogP contribution < -0.4 is 0 Å². The third-order valence-electron chi connectivity index (χ3n) is 3.76. The van der Waals surface area contributed by atoms with Gasteiger partial charge in [-0.2, -0.15) is 4.31 Å². The highest BCUT2D eigenvalue weighted by molar-refractivity contribution is 7.89. The average Bonchev–Trinajstić information content (AvgIpc) is 2.55. The Morgan fingerprint density at radius 2 is 1.76 bits per heavy atom. The summed E-state index contributed by atoms with van der Waals surface area (Å²) in [5, 5.41) is 0. The number of hydrogen-bond acceptors (Lipinski definition) is 4. The Hall–Kier alpha value is -2.18. The van der Waals surface area contributed by atoms with Crippen LogP contribution in [-0.4, -0.2) is 31.8 Å². The van der Waals surface area contributed by atoms with E-state index < -0.39 is 16.0 Å². The molecular weight excluding hydrogens is 338 g/mol. The monoisotopic (exact) mass is 361 g/mol. The lowest BCUT2D eigenvalue weighted by molar-refractivity contribution is -0.143. The van der Waals surface area contributed by atoms with Crippen molar-refractivity contribution in [2.45, 2.75) is 32.2 Å². The van der Waals surface area contributed by atoms with Crippen molar-refractivity contribution in [2.24, 2.45) is 0 Å². The van der Waals surface area contributed by atoms with Gasteiger partial charge in [0.1, 0.15) is 6.54 Å². The molecule has 0 aliphatic rings. The van der Waals surface area contributed by atoms with E-state index in [9.17, 15) is 13.2 Å². The van der Waals surface area contributed by atoms with Crippen LogP contribution in [0.25, 0.3) is 0 Å². The first-order valence-corrected chi connectivity index (χ1v) is 9.55. The number of sulfonamides is 1. The highest BCUT2D eigenvalue weighted by Gasteiger charge is 2.28. The molecule has 25 heavy (non-hydrogen) atoms. The molecule has 0 aromatic heterocycles. The predicted octanol–water partition coefficient (Wildman–Crippen LogP) is 3.06. The van der Waals surface area contributed by atoms with Crippen molar-refractivity contribution in [2.75, 3.05) is 13.2 Å². The van der Waals surface area contributed by atoms with Crippen molar-refractivity contribution in [3.8, 4) is 0 Å². The number of carbonyl (C=O) groups is 1. The summed E-state index contributed by atoms with van der Waals surface area (Å²) in [5.74, 6) is -0.563. The van der Waals surface area contributed by atoms with Gasteiger partial charge in [-0.3, -0.25) is 4.79 Å². The van der Waals surface area contributed by atoms with Gasteiger partial charge in [0.15, 0.2) is 0 Å². The molecule has 0 fully saturated rings. The molecule has 2 aromatic rings. The van der Waals surface area contributed by atoms with E-state index in [0.717, 1.165) is 15.4 Å². The Bertz CT molecular complexity index is 832. The molecule has 0 spiro atoms. The van der Waals surface area contributed by atoms with E-state index >= 15 is 0 Å². The molecule has 2 aromatic carbocycles. The Kier molecular flexibility index (Phi) is 6.33. The van der Waals surface area contributed by atoms with Crippen LogP contribution >= 0.6 is 0 Å². The van der Waals surface area contributed by atoms with Crippen LogP contribution in [0, 0.1) is 13.8 Å². The van der Waals surface area contributed by atoms with Gasteiger partial charge in [0.25, 0.3) is 0 Å². The highest BCUT2D eigenvalue weighted by atomic mass is 32.2. The summed E-state index contributed by atoms with van der Waals surface area (Å²) >= 11 is 0. The molecular formula is C19H23NO4S. The molecule has 0 saturated carbocycles. The number of rotatable bonds is 7. The largest absolute Gasteiger partial charge is 0.465 e. The van der Waals surface area contributed by atoms with Crippen molar-refractivity contribution in [1.82, 2.24) is 4.31 Å². The first-order valence-electron chi connectivity index (χ1n) is 8.11. The Morgan fingerprint density at radius 3 is 2.36 bits per heavy atom. The lowest BCUT2D eigenvalue weighted by Gasteiger charge is -2.22. The van der Waals surface area contributed by atoms with Gasteiger partial charge < -0.3 is 4.74 Å². The molecule has 0 amide bonds. The van der Waals surface area contributed by atoms with Gasteiger partial charge in [0, 0.05) is 6.54 Å². The van der Waals surface area contributed by atoms with E-state index in [-0.39, 0.29) is 24.6 Å². The zero-order valence-corrected chi connectivity index (χ0v) is 15.5. The minimum absolute atomic E-state index is 0.106. The third-order valence-corrected chi connectivity index (χ3v) is 5.71. The molecule has 0 aliphatic heterocycles. The van der Waals surface area contributed by atoms with Crippen molar-refractivity contribution in [1.29, 1.82) is 0 Å². The maximum atomic E-state index is 13.1. The average molecular weight is 361 g/mol. The van der Waals surface area contributed by atoms with E-state index in [1.54, 1.807) is 26.0 Å². The van der Waals surface area contributed by atoms with Crippen LogP contribution in [0.1, 0.15) is 23.6 Å². The van der Waals surface area contributed by atoms with Gasteiger partial charge in [-0.1, -0.05) is 48.0 Å². The number of ether oxygens (including phenoxy) is 1. The fourth-order valence-corrected chi connectivity index (χ4v) is 4.17. The molecule has 0 bridgehead atoms. The number of nitrogens with zero attached hydrogens (tertiary/aromatic N) is 1. The second kappa shape index (κ2) is 8.27. The smallest absolute Gasteiger partial charge is 0.321 e. The summed E-state index contributed by atoms with van der Waals surface area (Å²) in [6.07, 6.45) is 0. The molecule has 0 saturated heterocycles. The normalized spacial score (nSPS) is 11.5. The molecule has 0 atom stereocenters. The van der Waals surface area contributed by atoms with E-state index in [1.165, 1.54) is 0 Å². The first-order chi connectivity index (χ1) is 11.8. The van der Waals surface area contributed by atoms with Gasteiger partial charge in [-0.05, 0) is 38.0 Å². The fraction of sp³-hybridized carbons (Fsp3) is 0.316. The summed E-state index contributed by atoms with van der Waals surface area (Å²) < 4.78 is 32.4. The fourth-order valence-electron chi connectivity index (χ4n) is 2.59. The highest BCUT2D eigenvalue weighted by Crippen LogP contribution is 2.22. The standard InChI is InChI=1S/C19H23NO4S/c1-4-24-19(21)14-20(13-17-8-6-5-7-9-17)25(22,23)18-11-10-15(2)12-16(18)3/h5-12H,4,13-14H2,1-3H3. The summed E-state index contributed by atoms with van der Waals surface area (Å²) in [6.45, 7) is 5.35. The molecule has 0 aliphatic carbocycles. The van der Waals surface area contributed by atoms with Crippen molar-refractivity contribution in [3.63, 3.8) is 0 Å². The Morgan fingerprint density at radius 1 is 1.08 bits per heavy atom. The van der Waals surface area contributed by atoms with E-state index in [4.69, 9.17) is 4.74 Å². The molecule has 134 valence electrons. The molecule has 0 unspecified atom stereocenters. The quantitative estimate of drug-likeness (QED) is 0.711. The van der Waals surface area contributed by atoms with E-state index in [1.807, 2.05) is 43.3 Å². The summed E-state index contributed by atoms with van der Waals surface area (Å²) in [7, 11) is -3.83. The van der Waals surface area contributed by atoms with E-state index in [0.29, 0.717) is 5.56 Å². The van der Waals surface area contributed by atoms with Crippen LogP contribution in [0.4, 0.5) is 0 Å². The maximum Gasteiger partial charge on any atom is 0.321 e. The lowest BCUT2D eigenvalue weighted by atomic mass is 10.2. The number of benzene rings is 2. The first kappa shape index (κ1) is 19.1. The van der Waals surface area contributed by atoms with Gasteiger partial charge in [0.05, 0.1) is 11.5 Å². The van der Waals surface area contributed by atoms with Crippen molar-refractivity contribution < 1.29 is 17.9 Å². The second-order valence-corrected chi connectivity index (χ2v) is 7.74. The molecule has 0 N–H and O–H groups in total.